The molecule has 0 fully saturated rings. The molecule has 34 heavy (non-hydrogen) atoms. The van der Waals surface area contributed by atoms with Gasteiger partial charge in [-0.3, -0.25) is 4.57 Å². The fraction of sp³-hybridized carbons (Fsp3) is 0.250. The number of nitrogens with one attached hydrogen (secondary N) is 1. The maximum Gasteiger partial charge on any atom is 0.328 e. The van der Waals surface area contributed by atoms with E-state index in [1.165, 1.54) is 23.9 Å². The molecule has 1 atom stereocenters. The molecule has 8 nitrogen and oxygen atoms in total. The lowest BCUT2D eigenvalue weighted by Crippen LogP contribution is -2.28. The minimum atomic E-state index is -3.50. The molecule has 0 saturated heterocycles. The van der Waals surface area contributed by atoms with Gasteiger partial charge in [-0.2, -0.15) is 0 Å². The number of hydrogen-bond acceptors (Lipinski definition) is 6. The third kappa shape index (κ3) is 4.67. The highest BCUT2D eigenvalue weighted by Crippen LogP contribution is 2.33. The second kappa shape index (κ2) is 9.30. The molecule has 0 radical (unpaired) electrons. The van der Waals surface area contributed by atoms with Crippen molar-refractivity contribution in [2.45, 2.75) is 13.0 Å². The molecule has 178 valence electrons. The van der Waals surface area contributed by atoms with E-state index >= 15 is 0 Å². The first-order chi connectivity index (χ1) is 16.2. The lowest BCUT2D eigenvalue weighted by atomic mass is 10.1. The van der Waals surface area contributed by atoms with Crippen molar-refractivity contribution < 1.29 is 22.3 Å². The van der Waals surface area contributed by atoms with Crippen LogP contribution in [0.5, 0.6) is 11.5 Å². The van der Waals surface area contributed by atoms with E-state index < -0.39 is 27.4 Å². The van der Waals surface area contributed by atoms with E-state index in [0.29, 0.717) is 40.3 Å². The van der Waals surface area contributed by atoms with Crippen LogP contribution in [0.2, 0.25) is 0 Å². The molecule has 0 unspecified atom stereocenters. The Morgan fingerprint density at radius 2 is 1.91 bits per heavy atom. The number of pyridine rings is 1. The maximum atomic E-state index is 14.3. The number of halogens is 1. The average molecular weight is 486 g/mol. The van der Waals surface area contributed by atoms with Crippen molar-refractivity contribution in [2.24, 2.45) is 0 Å². The zero-order valence-electron chi connectivity index (χ0n) is 18.9. The molecule has 0 aliphatic heterocycles. The Hall–Kier alpha value is -3.66. The molecule has 2 aromatic carbocycles. The largest absolute Gasteiger partial charge is 0.493 e. The summed E-state index contributed by atoms with van der Waals surface area (Å²) in [6.45, 7) is 2.20. The predicted molar refractivity (Wildman–Crippen MR) is 128 cm³/mol. The maximum absolute atomic E-state index is 14.3. The van der Waals surface area contributed by atoms with Gasteiger partial charge in [0.2, 0.25) is 0 Å². The van der Waals surface area contributed by atoms with Gasteiger partial charge in [-0.05, 0) is 36.8 Å². The number of imidazole rings is 1. The van der Waals surface area contributed by atoms with Gasteiger partial charge in [-0.25, -0.2) is 22.6 Å². The number of fused-ring (bicyclic) bond motifs is 1. The quantitative estimate of drug-likeness (QED) is 0.409. The minimum absolute atomic E-state index is 0.257. The Morgan fingerprint density at radius 3 is 2.59 bits per heavy atom. The summed E-state index contributed by atoms with van der Waals surface area (Å²) in [5, 5.41) is 0. The molecular formula is C24H24FN3O5S. The van der Waals surface area contributed by atoms with E-state index in [9.17, 15) is 17.6 Å². The molecule has 4 aromatic rings. The summed E-state index contributed by atoms with van der Waals surface area (Å²) in [6, 6.07) is 12.0. The van der Waals surface area contributed by atoms with Gasteiger partial charge in [0.15, 0.2) is 17.1 Å². The first kappa shape index (κ1) is 23.5. The van der Waals surface area contributed by atoms with Gasteiger partial charge in [0, 0.05) is 23.6 Å². The molecule has 10 heteroatoms. The molecule has 0 aliphatic carbocycles. The van der Waals surface area contributed by atoms with Crippen molar-refractivity contribution in [3.8, 4) is 22.6 Å². The predicted octanol–water partition coefficient (Wildman–Crippen LogP) is 3.57. The molecule has 0 bridgehead atoms. The van der Waals surface area contributed by atoms with Crippen molar-refractivity contribution >= 4 is 21.0 Å². The second-order valence-corrected chi connectivity index (χ2v) is 10.0. The van der Waals surface area contributed by atoms with Gasteiger partial charge in [-0.1, -0.05) is 24.3 Å². The number of nitrogens with zero attached hydrogens (tertiary/aromatic N) is 2. The summed E-state index contributed by atoms with van der Waals surface area (Å²) < 4.78 is 51.2. The van der Waals surface area contributed by atoms with Crippen LogP contribution in [-0.4, -0.2) is 48.7 Å². The SMILES string of the molecule is CCOc1cc([C@@H](CS(C)(=O)=O)n2c(=O)[nH]c3cc(-c4ccccc4F)cnc32)ccc1OC. The zero-order chi connectivity index (χ0) is 24.5. The average Bonchev–Trinajstić information content (AvgIpc) is 3.12. The first-order valence-electron chi connectivity index (χ1n) is 10.6. The lowest BCUT2D eigenvalue weighted by Gasteiger charge is -2.20. The summed E-state index contributed by atoms with van der Waals surface area (Å²) in [5.74, 6) is 0.169. The standard InChI is InChI=1S/C24H24FN3O5S/c1-4-33-22-12-15(9-10-21(22)32-2)20(14-34(3,30)31)28-23-19(27-24(28)29)11-16(13-26-23)17-7-5-6-8-18(17)25/h5-13,20H,4,14H2,1-3H3,(H,27,29)/t20-/m1/s1. The first-order valence-corrected chi connectivity index (χ1v) is 12.6. The smallest absolute Gasteiger partial charge is 0.328 e. The summed E-state index contributed by atoms with van der Waals surface area (Å²) in [6.07, 6.45) is 2.57. The van der Waals surface area contributed by atoms with Crippen molar-refractivity contribution in [1.82, 2.24) is 14.5 Å². The Balaban J connectivity index is 1.89. The zero-order valence-corrected chi connectivity index (χ0v) is 19.7. The Morgan fingerprint density at radius 1 is 1.15 bits per heavy atom. The molecule has 0 saturated carbocycles. The summed E-state index contributed by atoms with van der Waals surface area (Å²) >= 11 is 0. The van der Waals surface area contributed by atoms with Gasteiger partial charge in [0.25, 0.3) is 0 Å². The number of sulfone groups is 1. The van der Waals surface area contributed by atoms with Crippen LogP contribution in [0, 0.1) is 5.82 Å². The van der Waals surface area contributed by atoms with Crippen molar-refractivity contribution in [1.29, 1.82) is 0 Å². The molecule has 1 N–H and O–H groups in total. The number of rotatable bonds is 8. The third-order valence-corrected chi connectivity index (χ3v) is 6.31. The Labute approximate surface area is 195 Å². The van der Waals surface area contributed by atoms with E-state index in [4.69, 9.17) is 9.47 Å². The second-order valence-electron chi connectivity index (χ2n) is 7.83. The fourth-order valence-corrected chi connectivity index (χ4v) is 4.84. The van der Waals surface area contributed by atoms with Gasteiger partial charge in [0.1, 0.15) is 15.7 Å². The number of ether oxygens (including phenoxy) is 2. The summed E-state index contributed by atoms with van der Waals surface area (Å²) in [7, 11) is -2.00. The minimum Gasteiger partial charge on any atom is -0.493 e. The highest BCUT2D eigenvalue weighted by molar-refractivity contribution is 7.90. The highest BCUT2D eigenvalue weighted by Gasteiger charge is 2.26. The van der Waals surface area contributed by atoms with Crippen molar-refractivity contribution in [3.05, 3.63) is 76.6 Å². The fourth-order valence-electron chi connectivity index (χ4n) is 3.92. The molecule has 0 spiro atoms. The normalized spacial score (nSPS) is 12.6. The van der Waals surface area contributed by atoms with E-state index in [2.05, 4.69) is 9.97 Å². The Bertz CT molecular complexity index is 1510. The van der Waals surface area contributed by atoms with Gasteiger partial charge in [0.05, 0.1) is 31.0 Å². The summed E-state index contributed by atoms with van der Waals surface area (Å²) in [5.41, 5.74) is 1.46. The Kier molecular flexibility index (Phi) is 6.43. The van der Waals surface area contributed by atoms with Crippen LogP contribution in [-0.2, 0) is 9.84 Å². The van der Waals surface area contributed by atoms with E-state index in [-0.39, 0.29) is 11.4 Å². The molecular weight excluding hydrogens is 461 g/mol. The molecule has 2 heterocycles. The highest BCUT2D eigenvalue weighted by atomic mass is 32.2. The molecule has 2 aromatic heterocycles. The van der Waals surface area contributed by atoms with Gasteiger partial charge < -0.3 is 14.5 Å². The van der Waals surface area contributed by atoms with Crippen LogP contribution in [0.25, 0.3) is 22.3 Å². The number of benzene rings is 2. The van der Waals surface area contributed by atoms with Crippen LogP contribution in [0.4, 0.5) is 4.39 Å². The van der Waals surface area contributed by atoms with E-state index in [1.54, 1.807) is 42.5 Å². The van der Waals surface area contributed by atoms with Crippen LogP contribution in [0.1, 0.15) is 18.5 Å². The number of H-pyrrole nitrogens is 1. The number of hydrogen-bond donors (Lipinski definition) is 1. The molecule has 0 amide bonds. The molecule has 0 aliphatic rings. The topological polar surface area (TPSA) is 103 Å². The molecule has 4 rings (SSSR count). The van der Waals surface area contributed by atoms with Crippen LogP contribution >= 0.6 is 0 Å². The lowest BCUT2D eigenvalue weighted by molar-refractivity contribution is 0.310. The van der Waals surface area contributed by atoms with Gasteiger partial charge >= 0.3 is 5.69 Å². The number of aromatic amines is 1. The number of methoxy groups -OCH3 is 1. The van der Waals surface area contributed by atoms with Crippen molar-refractivity contribution in [2.75, 3.05) is 25.7 Å². The summed E-state index contributed by atoms with van der Waals surface area (Å²) in [4.78, 5) is 20.2. The third-order valence-electron chi connectivity index (χ3n) is 5.38. The van der Waals surface area contributed by atoms with Gasteiger partial charge in [-0.15, -0.1) is 0 Å². The number of aromatic nitrogens is 3. The van der Waals surface area contributed by atoms with E-state index in [0.717, 1.165) is 6.26 Å². The van der Waals surface area contributed by atoms with Crippen LogP contribution < -0.4 is 15.2 Å². The van der Waals surface area contributed by atoms with Crippen LogP contribution in [0.15, 0.2) is 59.5 Å². The van der Waals surface area contributed by atoms with Crippen molar-refractivity contribution in [3.63, 3.8) is 0 Å². The van der Waals surface area contributed by atoms with Crippen LogP contribution in [0.3, 0.4) is 0 Å². The van der Waals surface area contributed by atoms with E-state index in [1.807, 2.05) is 6.92 Å². The monoisotopic (exact) mass is 485 g/mol.